The van der Waals surface area contributed by atoms with Gasteiger partial charge >= 0.3 is 5.97 Å². The molecule has 4 heteroatoms. The Balaban J connectivity index is 2.61. The zero-order chi connectivity index (χ0) is 10.4. The van der Waals surface area contributed by atoms with Gasteiger partial charge in [0.25, 0.3) is 0 Å². The fraction of sp³-hybridized carbons (Fsp3) is 0.900. The van der Waals surface area contributed by atoms with Crippen molar-refractivity contribution in [2.45, 2.75) is 31.8 Å². The minimum atomic E-state index is -0.685. The summed E-state index contributed by atoms with van der Waals surface area (Å²) in [4.78, 5) is 11.6. The van der Waals surface area contributed by atoms with Crippen LogP contribution in [0, 0.1) is 0 Å². The van der Waals surface area contributed by atoms with Crippen LogP contribution in [0.2, 0.25) is 0 Å². The van der Waals surface area contributed by atoms with E-state index in [2.05, 4.69) is 5.32 Å². The molecule has 0 bridgehead atoms. The Morgan fingerprint density at radius 3 is 2.57 bits per heavy atom. The molecule has 1 aliphatic heterocycles. The topological polar surface area (TPSA) is 47.6 Å². The maximum absolute atomic E-state index is 11.6. The predicted octanol–water partition coefficient (Wildman–Crippen LogP) is 0.708. The molecule has 0 aromatic rings. The molecule has 1 N–H and O–H groups in total. The van der Waals surface area contributed by atoms with Crippen molar-refractivity contribution in [1.82, 2.24) is 5.32 Å². The fourth-order valence-electron chi connectivity index (χ4n) is 1.72. The molecule has 14 heavy (non-hydrogen) atoms. The first kappa shape index (κ1) is 11.5. The van der Waals surface area contributed by atoms with Gasteiger partial charge in [0.15, 0.2) is 5.60 Å². The van der Waals surface area contributed by atoms with Gasteiger partial charge < -0.3 is 14.8 Å². The lowest BCUT2D eigenvalue weighted by Gasteiger charge is -2.34. The molecule has 0 atom stereocenters. The first-order chi connectivity index (χ1) is 6.75. The lowest BCUT2D eigenvalue weighted by molar-refractivity contribution is -0.173. The van der Waals surface area contributed by atoms with Crippen LogP contribution in [0.15, 0.2) is 0 Å². The van der Waals surface area contributed by atoms with Crippen LogP contribution in [0.3, 0.4) is 0 Å². The van der Waals surface area contributed by atoms with Gasteiger partial charge in [-0.25, -0.2) is 4.79 Å². The van der Waals surface area contributed by atoms with Crippen molar-refractivity contribution in [3.63, 3.8) is 0 Å². The standard InChI is InChI=1S/C10H19NO3/c1-3-8-14-10(9(12)13-2)4-6-11-7-5-10/h11H,3-8H2,1-2H3. The van der Waals surface area contributed by atoms with E-state index < -0.39 is 5.60 Å². The van der Waals surface area contributed by atoms with Crippen molar-refractivity contribution < 1.29 is 14.3 Å². The first-order valence-electron chi connectivity index (χ1n) is 5.18. The summed E-state index contributed by atoms with van der Waals surface area (Å²) in [5, 5.41) is 3.21. The molecule has 1 fully saturated rings. The summed E-state index contributed by atoms with van der Waals surface area (Å²) < 4.78 is 10.5. The Bertz CT molecular complexity index is 188. The molecule has 1 heterocycles. The van der Waals surface area contributed by atoms with Gasteiger partial charge in [0.1, 0.15) is 0 Å². The molecule has 0 aromatic heterocycles. The largest absolute Gasteiger partial charge is 0.467 e. The van der Waals surface area contributed by atoms with E-state index in [4.69, 9.17) is 9.47 Å². The maximum Gasteiger partial charge on any atom is 0.338 e. The maximum atomic E-state index is 11.6. The van der Waals surface area contributed by atoms with Gasteiger partial charge in [-0.1, -0.05) is 6.92 Å². The monoisotopic (exact) mass is 201 g/mol. The summed E-state index contributed by atoms with van der Waals surface area (Å²) in [5.41, 5.74) is -0.685. The average molecular weight is 201 g/mol. The third-order valence-corrected chi connectivity index (χ3v) is 2.55. The van der Waals surface area contributed by atoms with Gasteiger partial charge in [-0.05, 0) is 32.4 Å². The van der Waals surface area contributed by atoms with Crippen molar-refractivity contribution in [2.75, 3.05) is 26.8 Å². The van der Waals surface area contributed by atoms with Crippen molar-refractivity contribution in [2.24, 2.45) is 0 Å². The summed E-state index contributed by atoms with van der Waals surface area (Å²) in [6.45, 7) is 4.29. The molecule has 4 nitrogen and oxygen atoms in total. The Morgan fingerprint density at radius 1 is 1.43 bits per heavy atom. The lowest BCUT2D eigenvalue weighted by Crippen LogP contribution is -2.50. The van der Waals surface area contributed by atoms with E-state index in [1.165, 1.54) is 7.11 Å². The lowest BCUT2D eigenvalue weighted by atomic mass is 9.92. The Morgan fingerprint density at radius 2 is 2.07 bits per heavy atom. The van der Waals surface area contributed by atoms with Crippen molar-refractivity contribution in [3.05, 3.63) is 0 Å². The molecule has 0 saturated carbocycles. The molecule has 1 rings (SSSR count). The van der Waals surface area contributed by atoms with Crippen LogP contribution in [0.4, 0.5) is 0 Å². The highest BCUT2D eigenvalue weighted by Gasteiger charge is 2.41. The van der Waals surface area contributed by atoms with Crippen molar-refractivity contribution in [3.8, 4) is 0 Å². The van der Waals surface area contributed by atoms with Gasteiger partial charge in [0, 0.05) is 6.61 Å². The van der Waals surface area contributed by atoms with E-state index in [-0.39, 0.29) is 5.97 Å². The quantitative estimate of drug-likeness (QED) is 0.680. The van der Waals surface area contributed by atoms with E-state index in [0.29, 0.717) is 19.4 Å². The summed E-state index contributed by atoms with van der Waals surface area (Å²) in [7, 11) is 1.42. The molecule has 0 spiro atoms. The van der Waals surface area contributed by atoms with Crippen molar-refractivity contribution in [1.29, 1.82) is 0 Å². The Kier molecular flexibility index (Phi) is 4.35. The molecular weight excluding hydrogens is 182 g/mol. The van der Waals surface area contributed by atoms with Gasteiger partial charge in [0.2, 0.25) is 0 Å². The summed E-state index contributed by atoms with van der Waals surface area (Å²) in [6.07, 6.45) is 2.34. The van der Waals surface area contributed by atoms with E-state index in [1.54, 1.807) is 0 Å². The second-order valence-corrected chi connectivity index (χ2v) is 3.58. The number of hydrogen-bond acceptors (Lipinski definition) is 4. The third kappa shape index (κ3) is 2.45. The number of ether oxygens (including phenoxy) is 2. The molecular formula is C10H19NO3. The summed E-state index contributed by atoms with van der Waals surface area (Å²) in [6, 6.07) is 0. The third-order valence-electron chi connectivity index (χ3n) is 2.55. The number of methoxy groups -OCH3 is 1. The van der Waals surface area contributed by atoms with E-state index >= 15 is 0 Å². The first-order valence-corrected chi connectivity index (χ1v) is 5.18. The molecule has 0 aromatic carbocycles. The van der Waals surface area contributed by atoms with Crippen molar-refractivity contribution >= 4 is 5.97 Å². The molecule has 1 aliphatic rings. The zero-order valence-corrected chi connectivity index (χ0v) is 8.97. The van der Waals surface area contributed by atoms with E-state index in [1.807, 2.05) is 6.92 Å². The second kappa shape index (κ2) is 5.32. The zero-order valence-electron chi connectivity index (χ0n) is 8.97. The number of rotatable bonds is 4. The number of hydrogen-bond donors (Lipinski definition) is 1. The highest BCUT2D eigenvalue weighted by Crippen LogP contribution is 2.24. The van der Waals surface area contributed by atoms with Crippen LogP contribution < -0.4 is 5.32 Å². The number of esters is 1. The average Bonchev–Trinajstić information content (AvgIpc) is 2.26. The smallest absolute Gasteiger partial charge is 0.338 e. The molecule has 0 aliphatic carbocycles. The minimum absolute atomic E-state index is 0.229. The van der Waals surface area contributed by atoms with E-state index in [9.17, 15) is 4.79 Å². The van der Waals surface area contributed by atoms with Crippen LogP contribution in [0.1, 0.15) is 26.2 Å². The number of carbonyl (C=O) groups is 1. The van der Waals surface area contributed by atoms with Gasteiger partial charge in [-0.15, -0.1) is 0 Å². The van der Waals surface area contributed by atoms with Crippen LogP contribution >= 0.6 is 0 Å². The molecule has 1 saturated heterocycles. The Labute approximate surface area is 85.0 Å². The van der Waals surface area contributed by atoms with Gasteiger partial charge in [0.05, 0.1) is 7.11 Å². The van der Waals surface area contributed by atoms with E-state index in [0.717, 1.165) is 19.5 Å². The normalized spacial score (nSPS) is 20.4. The van der Waals surface area contributed by atoms with Crippen LogP contribution in [0.25, 0.3) is 0 Å². The highest BCUT2D eigenvalue weighted by molar-refractivity contribution is 5.79. The molecule has 0 unspecified atom stereocenters. The van der Waals surface area contributed by atoms with Crippen LogP contribution in [-0.4, -0.2) is 38.4 Å². The summed E-state index contributed by atoms with van der Waals surface area (Å²) >= 11 is 0. The molecule has 0 amide bonds. The number of carbonyl (C=O) groups excluding carboxylic acids is 1. The van der Waals surface area contributed by atoms with Crippen LogP contribution in [-0.2, 0) is 14.3 Å². The fourth-order valence-corrected chi connectivity index (χ4v) is 1.72. The molecule has 0 radical (unpaired) electrons. The Hall–Kier alpha value is -0.610. The second-order valence-electron chi connectivity index (χ2n) is 3.58. The highest BCUT2D eigenvalue weighted by atomic mass is 16.6. The van der Waals surface area contributed by atoms with Gasteiger partial charge in [-0.2, -0.15) is 0 Å². The number of nitrogens with one attached hydrogen (secondary N) is 1. The van der Waals surface area contributed by atoms with Gasteiger partial charge in [-0.3, -0.25) is 0 Å². The minimum Gasteiger partial charge on any atom is -0.467 e. The predicted molar refractivity (Wildman–Crippen MR) is 53.1 cm³/mol. The summed E-state index contributed by atoms with van der Waals surface area (Å²) in [5.74, 6) is -0.229. The van der Waals surface area contributed by atoms with Crippen LogP contribution in [0.5, 0.6) is 0 Å². The molecule has 82 valence electrons. The number of piperidine rings is 1. The SMILES string of the molecule is CCCOC1(C(=O)OC)CCNCC1.